The second-order valence-electron chi connectivity index (χ2n) is 8.61. The molecule has 35 heavy (non-hydrogen) atoms. The van der Waals surface area contributed by atoms with Crippen molar-refractivity contribution in [1.82, 2.24) is 10.6 Å². The van der Waals surface area contributed by atoms with Crippen LogP contribution in [-0.2, 0) is 19.1 Å². The predicted molar refractivity (Wildman–Crippen MR) is 121 cm³/mol. The first-order valence-electron chi connectivity index (χ1n) is 11.3. The number of carboxylic acid groups (broad SMARTS) is 1. The van der Waals surface area contributed by atoms with E-state index < -0.39 is 48.4 Å². The molecular formula is C25H26F2N2O6. The third-order valence-corrected chi connectivity index (χ3v) is 6.56. The fourth-order valence-electron chi connectivity index (χ4n) is 4.62. The number of benzene rings is 2. The second kappa shape index (κ2) is 9.99. The maximum absolute atomic E-state index is 14.1. The van der Waals surface area contributed by atoms with Gasteiger partial charge in [-0.3, -0.25) is 4.79 Å². The molecule has 2 aliphatic carbocycles. The van der Waals surface area contributed by atoms with Crippen LogP contribution in [0.2, 0.25) is 0 Å². The molecule has 0 aromatic heterocycles. The number of ether oxygens (including phenoxy) is 2. The molecule has 1 fully saturated rings. The highest BCUT2D eigenvalue weighted by atomic mass is 19.3. The molecule has 2 aliphatic rings. The second-order valence-corrected chi connectivity index (χ2v) is 8.61. The van der Waals surface area contributed by atoms with Gasteiger partial charge in [0.1, 0.15) is 12.5 Å². The molecule has 0 heterocycles. The van der Waals surface area contributed by atoms with E-state index >= 15 is 0 Å². The zero-order chi connectivity index (χ0) is 25.2. The first-order chi connectivity index (χ1) is 16.8. The molecule has 10 heteroatoms. The van der Waals surface area contributed by atoms with Gasteiger partial charge in [0.15, 0.2) is 6.10 Å². The summed E-state index contributed by atoms with van der Waals surface area (Å²) in [7, 11) is 1.21. The Kier molecular flexibility index (Phi) is 7.02. The summed E-state index contributed by atoms with van der Waals surface area (Å²) < 4.78 is 38.3. The maximum atomic E-state index is 14.1. The number of methoxy groups -OCH3 is 1. The fourth-order valence-corrected chi connectivity index (χ4v) is 4.62. The summed E-state index contributed by atoms with van der Waals surface area (Å²) in [5.41, 5.74) is 4.21. The van der Waals surface area contributed by atoms with Crippen molar-refractivity contribution < 1.29 is 37.7 Å². The van der Waals surface area contributed by atoms with Crippen molar-refractivity contribution in [3.8, 4) is 11.1 Å². The van der Waals surface area contributed by atoms with E-state index in [1.54, 1.807) is 0 Å². The van der Waals surface area contributed by atoms with Gasteiger partial charge in [-0.15, -0.1) is 0 Å². The van der Waals surface area contributed by atoms with Crippen molar-refractivity contribution >= 4 is 18.0 Å². The van der Waals surface area contributed by atoms with E-state index in [9.17, 15) is 23.2 Å². The van der Waals surface area contributed by atoms with Crippen LogP contribution in [-0.4, -0.2) is 61.9 Å². The van der Waals surface area contributed by atoms with Gasteiger partial charge in [0.25, 0.3) is 5.92 Å². The van der Waals surface area contributed by atoms with Crippen LogP contribution >= 0.6 is 0 Å². The van der Waals surface area contributed by atoms with Gasteiger partial charge in [0.05, 0.1) is 5.92 Å². The van der Waals surface area contributed by atoms with Crippen molar-refractivity contribution in [1.29, 1.82) is 0 Å². The maximum Gasteiger partial charge on any atom is 0.407 e. The first-order valence-corrected chi connectivity index (χ1v) is 11.3. The summed E-state index contributed by atoms with van der Waals surface area (Å²) in [6.45, 7) is -0.491. The minimum atomic E-state index is -3.27. The number of hydrogen-bond donors (Lipinski definition) is 3. The Labute approximate surface area is 200 Å². The molecular weight excluding hydrogens is 462 g/mol. The smallest absolute Gasteiger partial charge is 0.407 e. The van der Waals surface area contributed by atoms with Crippen molar-refractivity contribution in [2.45, 2.75) is 24.4 Å². The van der Waals surface area contributed by atoms with E-state index in [0.29, 0.717) is 0 Å². The Morgan fingerprint density at radius 2 is 1.63 bits per heavy atom. The minimum Gasteiger partial charge on any atom is -0.479 e. The molecule has 0 radical (unpaired) electrons. The molecule has 1 saturated carbocycles. The average molecular weight is 488 g/mol. The van der Waals surface area contributed by atoms with Gasteiger partial charge in [-0.1, -0.05) is 48.5 Å². The summed E-state index contributed by atoms with van der Waals surface area (Å²) >= 11 is 0. The molecule has 0 spiro atoms. The standard InChI is InChI=1S/C25H26F2N2O6/c1-34-20(23(31)32)10-11-28-22(30)21-19(25(21,26)27)12-29-24(33)35-13-18-16-8-4-2-6-14(16)15-7-3-5-9-17(15)18/h2-9,18-21H,10-13H2,1H3,(H,28,30)(H,29,33)(H,31,32). The number of hydrogen-bond acceptors (Lipinski definition) is 5. The average Bonchev–Trinajstić information content (AvgIpc) is 3.25. The molecule has 2 amide bonds. The number of rotatable bonds is 10. The molecule has 0 aliphatic heterocycles. The van der Waals surface area contributed by atoms with Crippen molar-refractivity contribution in [2.75, 3.05) is 26.8 Å². The molecule has 0 bridgehead atoms. The van der Waals surface area contributed by atoms with Gasteiger partial charge < -0.3 is 25.2 Å². The molecule has 0 saturated heterocycles. The molecule has 3 unspecified atom stereocenters. The third kappa shape index (κ3) is 4.97. The zero-order valence-corrected chi connectivity index (χ0v) is 19.0. The Balaban J connectivity index is 1.26. The van der Waals surface area contributed by atoms with Crippen molar-refractivity contribution in [2.24, 2.45) is 11.8 Å². The lowest BCUT2D eigenvalue weighted by atomic mass is 9.98. The molecule has 8 nitrogen and oxygen atoms in total. The Morgan fingerprint density at radius 1 is 1.03 bits per heavy atom. The molecule has 186 valence electrons. The number of alkyl carbamates (subject to hydrolysis) is 1. The number of carboxylic acids is 1. The Bertz CT molecular complexity index is 1080. The topological polar surface area (TPSA) is 114 Å². The summed E-state index contributed by atoms with van der Waals surface area (Å²) in [5.74, 6) is -8.48. The summed E-state index contributed by atoms with van der Waals surface area (Å²) in [6, 6.07) is 15.7. The number of carbonyl (C=O) groups excluding carboxylic acids is 2. The Morgan fingerprint density at radius 3 is 2.20 bits per heavy atom. The lowest BCUT2D eigenvalue weighted by molar-refractivity contribution is -0.149. The van der Waals surface area contributed by atoms with Crippen LogP contribution in [0.25, 0.3) is 11.1 Å². The van der Waals surface area contributed by atoms with E-state index in [1.807, 2.05) is 48.5 Å². The molecule has 3 N–H and O–H groups in total. The van der Waals surface area contributed by atoms with Crippen LogP contribution in [0.1, 0.15) is 23.5 Å². The number of halogens is 2. The van der Waals surface area contributed by atoms with Crippen LogP contribution < -0.4 is 10.6 Å². The number of nitrogens with one attached hydrogen (secondary N) is 2. The highest BCUT2D eigenvalue weighted by Gasteiger charge is 2.71. The largest absolute Gasteiger partial charge is 0.479 e. The van der Waals surface area contributed by atoms with Crippen molar-refractivity contribution in [3.05, 3.63) is 59.7 Å². The van der Waals surface area contributed by atoms with E-state index in [1.165, 1.54) is 7.11 Å². The van der Waals surface area contributed by atoms with E-state index in [2.05, 4.69) is 10.6 Å². The fraction of sp³-hybridized carbons (Fsp3) is 0.400. The summed E-state index contributed by atoms with van der Waals surface area (Å²) in [4.78, 5) is 35.3. The van der Waals surface area contributed by atoms with Gasteiger partial charge in [-0.25, -0.2) is 18.4 Å². The number of amides is 2. The normalized spacial score (nSPS) is 20.3. The first kappa shape index (κ1) is 24.6. The Hall–Kier alpha value is -3.53. The van der Waals surface area contributed by atoms with Gasteiger partial charge in [0, 0.05) is 32.5 Å². The third-order valence-electron chi connectivity index (χ3n) is 6.56. The zero-order valence-electron chi connectivity index (χ0n) is 19.0. The van der Waals surface area contributed by atoms with Crippen LogP contribution in [0.3, 0.4) is 0 Å². The highest BCUT2D eigenvalue weighted by molar-refractivity contribution is 5.84. The number of carbonyl (C=O) groups is 3. The number of alkyl halides is 2. The highest BCUT2D eigenvalue weighted by Crippen LogP contribution is 2.55. The molecule has 3 atom stereocenters. The van der Waals surface area contributed by atoms with Crippen LogP contribution in [0.4, 0.5) is 13.6 Å². The van der Waals surface area contributed by atoms with Crippen molar-refractivity contribution in [3.63, 3.8) is 0 Å². The van der Waals surface area contributed by atoms with Gasteiger partial charge in [-0.2, -0.15) is 0 Å². The quantitative estimate of drug-likeness (QED) is 0.474. The van der Waals surface area contributed by atoms with E-state index in [-0.39, 0.29) is 25.5 Å². The van der Waals surface area contributed by atoms with Gasteiger partial charge in [-0.05, 0) is 22.3 Å². The minimum absolute atomic E-state index is 0.0507. The van der Waals surface area contributed by atoms with Crippen LogP contribution in [0, 0.1) is 11.8 Å². The lowest BCUT2D eigenvalue weighted by Gasteiger charge is -2.14. The predicted octanol–water partition coefficient (Wildman–Crippen LogP) is 3.01. The van der Waals surface area contributed by atoms with E-state index in [4.69, 9.17) is 14.6 Å². The monoisotopic (exact) mass is 488 g/mol. The number of fused-ring (bicyclic) bond motifs is 3. The lowest BCUT2D eigenvalue weighted by Crippen LogP contribution is -2.33. The summed E-state index contributed by atoms with van der Waals surface area (Å²) in [6.07, 6.45) is -2.03. The van der Waals surface area contributed by atoms with Crippen LogP contribution in [0.15, 0.2) is 48.5 Å². The SMILES string of the molecule is COC(CCNC(=O)C1C(CNC(=O)OCC2c3ccccc3-c3ccccc32)C1(F)F)C(=O)O. The van der Waals surface area contributed by atoms with Crippen LogP contribution in [0.5, 0.6) is 0 Å². The van der Waals surface area contributed by atoms with E-state index in [0.717, 1.165) is 22.3 Å². The molecule has 2 aromatic rings. The molecule has 2 aromatic carbocycles. The summed E-state index contributed by atoms with van der Waals surface area (Å²) in [5, 5.41) is 13.6. The van der Waals surface area contributed by atoms with Gasteiger partial charge >= 0.3 is 12.1 Å². The molecule has 4 rings (SSSR count). The number of aliphatic carboxylic acids is 1. The van der Waals surface area contributed by atoms with Gasteiger partial charge in [0.2, 0.25) is 5.91 Å².